The van der Waals surface area contributed by atoms with Crippen LogP contribution in [-0.2, 0) is 9.59 Å². The first-order chi connectivity index (χ1) is 16.5. The highest BCUT2D eigenvalue weighted by Gasteiger charge is 2.32. The highest BCUT2D eigenvalue weighted by Crippen LogP contribution is 2.32. The first-order valence-electron chi connectivity index (χ1n) is 11.5. The highest BCUT2D eigenvalue weighted by molar-refractivity contribution is 6.04. The molecule has 2 unspecified atom stereocenters. The van der Waals surface area contributed by atoms with Crippen LogP contribution >= 0.6 is 0 Å². The van der Waals surface area contributed by atoms with Crippen molar-refractivity contribution in [2.24, 2.45) is 0 Å². The van der Waals surface area contributed by atoms with E-state index in [-0.39, 0.29) is 42.6 Å². The number of carbonyl (C=O) groups excluding carboxylic acids is 2. The van der Waals surface area contributed by atoms with Crippen LogP contribution in [0.5, 0.6) is 0 Å². The summed E-state index contributed by atoms with van der Waals surface area (Å²) < 4.78 is 19.1. The summed E-state index contributed by atoms with van der Waals surface area (Å²) in [5, 5.41) is 6.92. The van der Waals surface area contributed by atoms with Gasteiger partial charge in [-0.2, -0.15) is 4.98 Å². The summed E-state index contributed by atoms with van der Waals surface area (Å²) in [5.74, 6) is 0.345. The van der Waals surface area contributed by atoms with E-state index in [1.807, 2.05) is 31.2 Å². The van der Waals surface area contributed by atoms with E-state index in [1.165, 1.54) is 12.1 Å². The monoisotopic (exact) mass is 463 g/mol. The molecule has 0 spiro atoms. The minimum Gasteiger partial charge on any atom is -0.339 e. The van der Waals surface area contributed by atoms with Crippen molar-refractivity contribution in [3.05, 3.63) is 60.2 Å². The number of hydrogen-bond donors (Lipinski definition) is 1. The maximum atomic E-state index is 13.6. The lowest BCUT2D eigenvalue weighted by Gasteiger charge is -2.34. The number of aromatic nitrogens is 2. The summed E-state index contributed by atoms with van der Waals surface area (Å²) in [6.07, 6.45) is 2.01. The van der Waals surface area contributed by atoms with Crippen molar-refractivity contribution in [2.75, 3.05) is 29.9 Å². The molecule has 0 radical (unpaired) electrons. The lowest BCUT2D eigenvalue weighted by atomic mass is 9.98. The molecule has 9 heteroatoms. The van der Waals surface area contributed by atoms with E-state index in [1.54, 1.807) is 17.0 Å². The Morgan fingerprint density at radius 2 is 2.09 bits per heavy atom. The van der Waals surface area contributed by atoms with Gasteiger partial charge in [-0.15, -0.1) is 0 Å². The average molecular weight is 464 g/mol. The third kappa shape index (κ3) is 4.56. The predicted molar refractivity (Wildman–Crippen MR) is 125 cm³/mol. The molecular weight excluding hydrogens is 437 g/mol. The number of rotatable bonds is 4. The molecule has 2 amide bonds. The van der Waals surface area contributed by atoms with Gasteiger partial charge in [-0.3, -0.25) is 14.5 Å². The van der Waals surface area contributed by atoms with Gasteiger partial charge in [0.2, 0.25) is 23.5 Å². The summed E-state index contributed by atoms with van der Waals surface area (Å²) in [4.78, 5) is 34.0. The summed E-state index contributed by atoms with van der Waals surface area (Å²) in [6.45, 7) is 3.52. The molecule has 34 heavy (non-hydrogen) atoms. The normalized spacial score (nSPS) is 21.0. The quantitative estimate of drug-likeness (QED) is 0.633. The number of anilines is 2. The maximum Gasteiger partial charge on any atom is 0.241 e. The van der Waals surface area contributed by atoms with Crippen LogP contribution in [0.15, 0.2) is 53.1 Å². The number of benzene rings is 2. The topological polar surface area (TPSA) is 91.6 Å². The van der Waals surface area contributed by atoms with Gasteiger partial charge in [0.15, 0.2) is 0 Å². The van der Waals surface area contributed by atoms with Gasteiger partial charge in [-0.05, 0) is 50.6 Å². The van der Waals surface area contributed by atoms with Crippen LogP contribution in [0.1, 0.15) is 38.0 Å². The first kappa shape index (κ1) is 22.2. The van der Waals surface area contributed by atoms with Crippen LogP contribution < -0.4 is 10.2 Å². The highest BCUT2D eigenvalue weighted by atomic mass is 19.1. The number of nitrogens with one attached hydrogen (secondary N) is 1. The number of likely N-dealkylation sites (tertiary alicyclic amines) is 1. The summed E-state index contributed by atoms with van der Waals surface area (Å²) in [5.41, 5.74) is 1.93. The van der Waals surface area contributed by atoms with Gasteiger partial charge in [0.25, 0.3) is 0 Å². The van der Waals surface area contributed by atoms with E-state index in [4.69, 9.17) is 4.52 Å². The molecule has 176 valence electrons. The minimum atomic E-state index is -0.354. The number of hydrogen-bond acceptors (Lipinski definition) is 6. The van der Waals surface area contributed by atoms with Crippen molar-refractivity contribution in [2.45, 2.75) is 38.1 Å². The molecule has 5 rings (SSSR count). The van der Waals surface area contributed by atoms with Gasteiger partial charge >= 0.3 is 0 Å². The zero-order valence-electron chi connectivity index (χ0n) is 18.9. The number of nitrogens with zero attached hydrogens (tertiary/aromatic N) is 4. The summed E-state index contributed by atoms with van der Waals surface area (Å²) >= 11 is 0. The second-order valence-electron chi connectivity index (χ2n) is 8.92. The Bertz CT molecular complexity index is 1210. The molecule has 2 atom stereocenters. The molecule has 2 aromatic carbocycles. The Morgan fingerprint density at radius 1 is 1.24 bits per heavy atom. The molecule has 0 bridgehead atoms. The molecule has 0 saturated carbocycles. The van der Waals surface area contributed by atoms with E-state index < -0.39 is 0 Å². The number of para-hydroxylation sites is 2. The molecule has 2 aliphatic rings. The van der Waals surface area contributed by atoms with E-state index >= 15 is 0 Å². The fraction of sp³-hybridized carbons (Fsp3) is 0.360. The number of amides is 2. The lowest BCUT2D eigenvalue weighted by Crippen LogP contribution is -2.47. The zero-order chi connectivity index (χ0) is 23.7. The van der Waals surface area contributed by atoms with E-state index in [9.17, 15) is 14.0 Å². The second kappa shape index (κ2) is 9.34. The molecule has 1 aromatic heterocycles. The number of piperidine rings is 1. The SMILES string of the molecule is CC1CC(=O)Nc2ccccc2N1C(=O)CN1CCCC(c2nc(-c3cccc(F)c3)no2)C1. The number of carbonyl (C=O) groups is 2. The van der Waals surface area contributed by atoms with Gasteiger partial charge in [0, 0.05) is 24.6 Å². The Labute approximate surface area is 196 Å². The van der Waals surface area contributed by atoms with E-state index in [2.05, 4.69) is 20.4 Å². The molecule has 1 fully saturated rings. The largest absolute Gasteiger partial charge is 0.339 e. The van der Waals surface area contributed by atoms with Crippen molar-refractivity contribution in [3.8, 4) is 11.4 Å². The molecule has 3 heterocycles. The lowest BCUT2D eigenvalue weighted by molar-refractivity contribution is -0.120. The van der Waals surface area contributed by atoms with Crippen LogP contribution in [0.4, 0.5) is 15.8 Å². The Morgan fingerprint density at radius 3 is 2.94 bits per heavy atom. The third-order valence-electron chi connectivity index (χ3n) is 6.37. The van der Waals surface area contributed by atoms with Crippen LogP contribution in [0.25, 0.3) is 11.4 Å². The predicted octanol–water partition coefficient (Wildman–Crippen LogP) is 3.82. The van der Waals surface area contributed by atoms with Gasteiger partial charge in [-0.1, -0.05) is 29.4 Å². The fourth-order valence-electron chi connectivity index (χ4n) is 4.78. The van der Waals surface area contributed by atoms with Crippen LogP contribution in [0.3, 0.4) is 0 Å². The van der Waals surface area contributed by atoms with Crippen LogP contribution in [-0.4, -0.2) is 52.5 Å². The maximum absolute atomic E-state index is 13.6. The smallest absolute Gasteiger partial charge is 0.241 e. The summed E-state index contributed by atoms with van der Waals surface area (Å²) in [7, 11) is 0. The van der Waals surface area contributed by atoms with Crippen LogP contribution in [0, 0.1) is 5.82 Å². The molecule has 1 saturated heterocycles. The van der Waals surface area contributed by atoms with Gasteiger partial charge in [0.05, 0.1) is 23.8 Å². The first-order valence-corrected chi connectivity index (χ1v) is 11.5. The third-order valence-corrected chi connectivity index (χ3v) is 6.37. The Balaban J connectivity index is 1.30. The van der Waals surface area contributed by atoms with Gasteiger partial charge < -0.3 is 14.7 Å². The van der Waals surface area contributed by atoms with Crippen LogP contribution in [0.2, 0.25) is 0 Å². The molecule has 0 aliphatic carbocycles. The molecule has 3 aromatic rings. The summed E-state index contributed by atoms with van der Waals surface area (Å²) in [6, 6.07) is 13.2. The van der Waals surface area contributed by atoms with E-state index in [0.29, 0.717) is 29.5 Å². The number of fused-ring (bicyclic) bond motifs is 1. The molecule has 8 nitrogen and oxygen atoms in total. The van der Waals surface area contributed by atoms with Crippen molar-refractivity contribution in [1.82, 2.24) is 15.0 Å². The average Bonchev–Trinajstić information content (AvgIpc) is 3.26. The Hall–Kier alpha value is -3.59. The van der Waals surface area contributed by atoms with E-state index in [0.717, 1.165) is 25.1 Å². The molecule has 2 aliphatic heterocycles. The van der Waals surface area contributed by atoms with Crippen molar-refractivity contribution in [3.63, 3.8) is 0 Å². The second-order valence-corrected chi connectivity index (χ2v) is 8.92. The van der Waals surface area contributed by atoms with Gasteiger partial charge in [0.1, 0.15) is 5.82 Å². The Kier molecular flexibility index (Phi) is 6.10. The van der Waals surface area contributed by atoms with Crippen molar-refractivity contribution in [1.29, 1.82) is 0 Å². The molecule has 1 N–H and O–H groups in total. The number of halogens is 1. The molecular formula is C25H26FN5O3. The minimum absolute atomic E-state index is 0.00607. The zero-order valence-corrected chi connectivity index (χ0v) is 18.9. The standard InChI is InChI=1S/C25H26FN5O3/c1-16-12-22(32)27-20-9-2-3-10-21(20)31(16)23(33)15-30-11-5-7-18(14-30)25-28-24(29-34-25)17-6-4-8-19(26)13-17/h2-4,6,8-10,13,16,18H,5,7,11-12,14-15H2,1H3,(H,27,32). The fourth-order valence-corrected chi connectivity index (χ4v) is 4.78. The van der Waals surface area contributed by atoms with Gasteiger partial charge in [-0.25, -0.2) is 4.39 Å². The van der Waals surface area contributed by atoms with Crippen molar-refractivity contribution >= 4 is 23.2 Å². The van der Waals surface area contributed by atoms with Crippen molar-refractivity contribution < 1.29 is 18.5 Å².